The minimum atomic E-state index is 0. The number of halogens is 3. The number of terminal acetylenes is 1. The summed E-state index contributed by atoms with van der Waals surface area (Å²) in [6, 6.07) is 1.97. The highest BCUT2D eigenvalue weighted by molar-refractivity contribution is 9.11. The topological polar surface area (TPSA) is 3.88 Å². The van der Waals surface area contributed by atoms with Crippen LogP contribution >= 0.6 is 31.9 Å². The fourth-order valence-electron chi connectivity index (χ4n) is 0.757. The van der Waals surface area contributed by atoms with Gasteiger partial charge >= 0.3 is 0 Å². The van der Waals surface area contributed by atoms with Crippen LogP contribution in [0.1, 0.15) is 0 Å². The van der Waals surface area contributed by atoms with Gasteiger partial charge in [-0.15, -0.1) is 6.42 Å². The van der Waals surface area contributed by atoms with E-state index in [1.165, 1.54) is 0 Å². The number of nitrogens with zero attached hydrogens (tertiary/aromatic N) is 1. The average Bonchev–Trinajstić information content (AvgIpc) is 1.85. The molecule has 0 fully saturated rings. The molecule has 0 aliphatic carbocycles. The first-order valence-corrected chi connectivity index (χ1v) is 4.59. The van der Waals surface area contributed by atoms with Gasteiger partial charge in [0, 0.05) is 0 Å². The Bertz CT molecular complexity index is 283. The summed E-state index contributed by atoms with van der Waals surface area (Å²) in [5.41, 5.74) is 0. The van der Waals surface area contributed by atoms with Gasteiger partial charge in [0.2, 0.25) is 6.54 Å². The molecule has 0 aromatic carbocycles. The fraction of sp³-hybridized carbons (Fsp3) is 0.125. The minimum absolute atomic E-state index is 0. The smallest absolute Gasteiger partial charge is 0.208 e. The third-order valence-electron chi connectivity index (χ3n) is 1.13. The van der Waals surface area contributed by atoms with Crippen LogP contribution in [-0.4, -0.2) is 0 Å². The lowest BCUT2D eigenvalue weighted by Gasteiger charge is -1.92. The first-order chi connectivity index (χ1) is 5.22. The van der Waals surface area contributed by atoms with Gasteiger partial charge in [-0.3, -0.25) is 0 Å². The maximum Gasteiger partial charge on any atom is 0.208 e. The van der Waals surface area contributed by atoms with Crippen LogP contribution in [0.15, 0.2) is 27.4 Å². The van der Waals surface area contributed by atoms with Gasteiger partial charge in [-0.25, -0.2) is 0 Å². The molecule has 1 aromatic rings. The van der Waals surface area contributed by atoms with Crippen LogP contribution in [0.3, 0.4) is 0 Å². The Hall–Kier alpha value is 0.150. The number of aromatic nitrogens is 1. The molecule has 0 saturated heterocycles. The van der Waals surface area contributed by atoms with Gasteiger partial charge < -0.3 is 17.0 Å². The summed E-state index contributed by atoms with van der Waals surface area (Å²) in [6.45, 7) is 0.595. The van der Waals surface area contributed by atoms with E-state index in [9.17, 15) is 0 Å². The second-order valence-electron chi connectivity index (χ2n) is 2.05. The molecule has 4 heteroatoms. The lowest BCUT2D eigenvalue weighted by atomic mass is 10.5. The zero-order chi connectivity index (χ0) is 8.27. The van der Waals surface area contributed by atoms with Gasteiger partial charge in [-0.2, -0.15) is 4.57 Å². The van der Waals surface area contributed by atoms with Crippen LogP contribution < -0.4 is 21.5 Å². The largest absolute Gasteiger partial charge is 1.00 e. The maximum absolute atomic E-state index is 5.16. The summed E-state index contributed by atoms with van der Waals surface area (Å²) in [6.07, 6.45) is 9.03. The first-order valence-electron chi connectivity index (χ1n) is 3.01. The standard InChI is InChI=1S/C8H6Br2N.BrH/c1-2-3-11-5-7(9)4-8(10)6-11;/h1,4-6H,3H2;1H/q+1;/p-1. The monoisotopic (exact) mass is 353 g/mol. The summed E-state index contributed by atoms with van der Waals surface area (Å²) in [5, 5.41) is 0. The van der Waals surface area contributed by atoms with E-state index in [0.717, 1.165) is 8.95 Å². The van der Waals surface area contributed by atoms with E-state index in [1.54, 1.807) is 0 Å². The molecule has 0 spiro atoms. The maximum atomic E-state index is 5.16. The van der Waals surface area contributed by atoms with Gasteiger partial charge in [0.1, 0.15) is 0 Å². The van der Waals surface area contributed by atoms with E-state index in [4.69, 9.17) is 6.42 Å². The molecule has 0 bridgehead atoms. The first kappa shape index (κ1) is 12.2. The van der Waals surface area contributed by atoms with Crippen LogP contribution in [0.25, 0.3) is 0 Å². The van der Waals surface area contributed by atoms with Crippen molar-refractivity contribution in [3.63, 3.8) is 0 Å². The average molecular weight is 356 g/mol. The van der Waals surface area contributed by atoms with Crippen molar-refractivity contribution >= 4 is 31.9 Å². The Balaban J connectivity index is 0.00000121. The lowest BCUT2D eigenvalue weighted by Crippen LogP contribution is -3.00. The highest BCUT2D eigenvalue weighted by Gasteiger charge is 2.01. The Morgan fingerprint density at radius 3 is 2.25 bits per heavy atom. The highest BCUT2D eigenvalue weighted by atomic mass is 79.9. The van der Waals surface area contributed by atoms with Gasteiger partial charge in [0.05, 0.1) is 8.95 Å². The second kappa shape index (κ2) is 5.74. The van der Waals surface area contributed by atoms with Crippen LogP contribution in [-0.2, 0) is 6.54 Å². The minimum Gasteiger partial charge on any atom is -1.00 e. The number of rotatable bonds is 1. The molecule has 0 N–H and O–H groups in total. The molecule has 0 radical (unpaired) electrons. The van der Waals surface area contributed by atoms with Crippen LogP contribution in [0, 0.1) is 12.3 Å². The van der Waals surface area contributed by atoms with Crippen molar-refractivity contribution in [3.8, 4) is 12.3 Å². The zero-order valence-corrected chi connectivity index (χ0v) is 10.9. The second-order valence-corrected chi connectivity index (χ2v) is 3.88. The fourth-order valence-corrected chi connectivity index (χ4v) is 2.08. The lowest BCUT2D eigenvalue weighted by molar-refractivity contribution is -0.685. The number of hydrogen-bond acceptors (Lipinski definition) is 0. The van der Waals surface area contributed by atoms with Crippen molar-refractivity contribution in [2.45, 2.75) is 6.54 Å². The normalized spacial score (nSPS) is 8.42. The van der Waals surface area contributed by atoms with Crippen molar-refractivity contribution in [1.82, 2.24) is 0 Å². The third kappa shape index (κ3) is 3.70. The third-order valence-corrected chi connectivity index (χ3v) is 2.00. The van der Waals surface area contributed by atoms with E-state index >= 15 is 0 Å². The Kier molecular flexibility index (Phi) is 5.81. The molecule has 1 aromatic heterocycles. The molecule has 1 heterocycles. The Morgan fingerprint density at radius 2 is 1.83 bits per heavy atom. The predicted octanol–water partition coefficient (Wildman–Crippen LogP) is -0.864. The summed E-state index contributed by atoms with van der Waals surface area (Å²) in [5.74, 6) is 2.56. The van der Waals surface area contributed by atoms with Crippen LogP contribution in [0.2, 0.25) is 0 Å². The molecule has 0 aliphatic rings. The van der Waals surface area contributed by atoms with Crippen LogP contribution in [0.5, 0.6) is 0 Å². The molecule has 1 nitrogen and oxygen atoms in total. The molecular weight excluding hydrogens is 350 g/mol. The van der Waals surface area contributed by atoms with Crippen molar-refractivity contribution in [2.24, 2.45) is 0 Å². The molecular formula is C8H6Br3N. The molecule has 0 atom stereocenters. The van der Waals surface area contributed by atoms with Crippen LogP contribution in [0.4, 0.5) is 0 Å². The van der Waals surface area contributed by atoms with E-state index < -0.39 is 0 Å². The zero-order valence-electron chi connectivity index (χ0n) is 6.10. The summed E-state index contributed by atoms with van der Waals surface area (Å²) < 4.78 is 3.96. The molecule has 0 unspecified atom stereocenters. The van der Waals surface area contributed by atoms with Crippen molar-refractivity contribution < 1.29 is 21.5 Å². The molecule has 0 saturated carbocycles. The Labute approximate surface area is 99.2 Å². The molecule has 0 amide bonds. The SMILES string of the molecule is C#CC[n+]1cc(Br)cc(Br)c1.[Br-]. The Morgan fingerprint density at radius 1 is 1.33 bits per heavy atom. The van der Waals surface area contributed by atoms with Gasteiger partial charge in [-0.1, -0.05) is 0 Å². The van der Waals surface area contributed by atoms with E-state index in [-0.39, 0.29) is 17.0 Å². The van der Waals surface area contributed by atoms with Gasteiger partial charge in [0.25, 0.3) is 0 Å². The van der Waals surface area contributed by atoms with Crippen molar-refractivity contribution in [3.05, 3.63) is 27.4 Å². The highest BCUT2D eigenvalue weighted by Crippen LogP contribution is 2.13. The summed E-state index contributed by atoms with van der Waals surface area (Å²) >= 11 is 6.73. The van der Waals surface area contributed by atoms with E-state index in [0.29, 0.717) is 6.54 Å². The number of pyridine rings is 1. The van der Waals surface area contributed by atoms with Gasteiger partial charge in [-0.05, 0) is 43.8 Å². The predicted molar refractivity (Wildman–Crippen MR) is 50.9 cm³/mol. The quantitative estimate of drug-likeness (QED) is 0.456. The summed E-state index contributed by atoms with van der Waals surface area (Å²) in [7, 11) is 0. The summed E-state index contributed by atoms with van der Waals surface area (Å²) in [4.78, 5) is 0. The number of hydrogen-bond donors (Lipinski definition) is 0. The van der Waals surface area contributed by atoms with Crippen molar-refractivity contribution in [1.29, 1.82) is 0 Å². The van der Waals surface area contributed by atoms with E-state index in [2.05, 4.69) is 37.8 Å². The van der Waals surface area contributed by atoms with E-state index in [1.807, 2.05) is 23.0 Å². The molecule has 1 rings (SSSR count). The molecule has 64 valence electrons. The van der Waals surface area contributed by atoms with Gasteiger partial charge in [0.15, 0.2) is 12.4 Å². The molecule has 0 aliphatic heterocycles. The molecule has 12 heavy (non-hydrogen) atoms. The van der Waals surface area contributed by atoms with Crippen molar-refractivity contribution in [2.75, 3.05) is 0 Å².